The molecule has 0 aromatic heterocycles. The van der Waals surface area contributed by atoms with Gasteiger partial charge < -0.3 is 11.1 Å². The molecule has 0 spiro atoms. The van der Waals surface area contributed by atoms with E-state index in [-0.39, 0.29) is 10.9 Å². The molecule has 0 radical (unpaired) electrons. The van der Waals surface area contributed by atoms with Crippen molar-refractivity contribution in [3.05, 3.63) is 62.6 Å². The normalized spacial score (nSPS) is 10.2. The lowest BCUT2D eigenvalue weighted by Crippen LogP contribution is -2.13. The van der Waals surface area contributed by atoms with Gasteiger partial charge in [-0.15, -0.1) is 0 Å². The van der Waals surface area contributed by atoms with E-state index in [9.17, 15) is 4.79 Å². The fourth-order valence-electron chi connectivity index (χ4n) is 1.60. The van der Waals surface area contributed by atoms with Crippen molar-refractivity contribution < 1.29 is 4.79 Å². The zero-order valence-corrected chi connectivity index (χ0v) is 13.6. The van der Waals surface area contributed by atoms with Crippen LogP contribution >= 0.6 is 47.0 Å². The molecular formula is C14H9Cl3N2OS. The van der Waals surface area contributed by atoms with Crippen LogP contribution in [0, 0.1) is 0 Å². The van der Waals surface area contributed by atoms with E-state index < -0.39 is 0 Å². The minimum Gasteiger partial charge on any atom is -0.389 e. The fourth-order valence-corrected chi connectivity index (χ4v) is 2.25. The second-order valence-corrected chi connectivity index (χ2v) is 5.80. The highest BCUT2D eigenvalue weighted by Gasteiger charge is 2.11. The third-order valence-electron chi connectivity index (χ3n) is 2.68. The first-order valence-electron chi connectivity index (χ1n) is 5.74. The van der Waals surface area contributed by atoms with Crippen LogP contribution in [0.1, 0.15) is 15.9 Å². The largest absolute Gasteiger partial charge is 0.389 e. The second kappa shape index (κ2) is 6.62. The van der Waals surface area contributed by atoms with E-state index >= 15 is 0 Å². The first-order chi connectivity index (χ1) is 9.88. The first kappa shape index (κ1) is 16.0. The summed E-state index contributed by atoms with van der Waals surface area (Å²) >= 11 is 22.6. The number of nitrogens with two attached hydrogens (primary N) is 1. The standard InChI is InChI=1S/C14H9Cl3N2OS/c15-9-3-1-8(6-10(9)16)14(20)19-12-4-2-7(13(18)21)5-11(12)17/h1-6H,(H2,18,21)(H,19,20). The van der Waals surface area contributed by atoms with E-state index in [1.807, 2.05) is 0 Å². The van der Waals surface area contributed by atoms with E-state index in [1.165, 1.54) is 6.07 Å². The Morgan fingerprint density at radius 2 is 1.57 bits per heavy atom. The Balaban J connectivity index is 2.23. The Kier molecular flexibility index (Phi) is 5.06. The van der Waals surface area contributed by atoms with Crippen LogP contribution in [0.3, 0.4) is 0 Å². The molecule has 2 aromatic rings. The van der Waals surface area contributed by atoms with Crippen molar-refractivity contribution >= 4 is 63.6 Å². The molecule has 0 unspecified atom stereocenters. The molecule has 3 nitrogen and oxygen atoms in total. The van der Waals surface area contributed by atoms with Crippen LogP contribution in [0.4, 0.5) is 5.69 Å². The Morgan fingerprint density at radius 1 is 0.952 bits per heavy atom. The summed E-state index contributed by atoms with van der Waals surface area (Å²) in [6.07, 6.45) is 0. The number of benzene rings is 2. The van der Waals surface area contributed by atoms with Crippen molar-refractivity contribution in [3.63, 3.8) is 0 Å². The van der Waals surface area contributed by atoms with Gasteiger partial charge in [0, 0.05) is 11.1 Å². The van der Waals surface area contributed by atoms with Crippen LogP contribution in [-0.2, 0) is 0 Å². The molecule has 0 saturated carbocycles. The molecule has 0 aliphatic heterocycles. The summed E-state index contributed by atoms with van der Waals surface area (Å²) in [4.78, 5) is 12.4. The molecule has 0 fully saturated rings. The predicted octanol–water partition coefficient (Wildman–Crippen LogP) is 4.53. The van der Waals surface area contributed by atoms with Gasteiger partial charge in [0.25, 0.3) is 5.91 Å². The number of carbonyl (C=O) groups excluding carboxylic acids is 1. The zero-order valence-electron chi connectivity index (χ0n) is 10.5. The number of hydrogen-bond acceptors (Lipinski definition) is 2. The van der Waals surface area contributed by atoms with Gasteiger partial charge in [-0.3, -0.25) is 4.79 Å². The van der Waals surface area contributed by atoms with Crippen molar-refractivity contribution in [2.24, 2.45) is 5.73 Å². The minimum atomic E-state index is -0.349. The van der Waals surface area contributed by atoms with E-state index in [0.717, 1.165) is 0 Å². The van der Waals surface area contributed by atoms with Gasteiger partial charge in [-0.2, -0.15) is 0 Å². The molecule has 21 heavy (non-hydrogen) atoms. The topological polar surface area (TPSA) is 55.1 Å². The number of carbonyl (C=O) groups is 1. The SMILES string of the molecule is NC(=S)c1ccc(NC(=O)c2ccc(Cl)c(Cl)c2)c(Cl)c1. The number of halogens is 3. The Bertz CT molecular complexity index is 734. The van der Waals surface area contributed by atoms with Crippen LogP contribution in [0.2, 0.25) is 15.1 Å². The van der Waals surface area contributed by atoms with Gasteiger partial charge in [0.2, 0.25) is 0 Å². The average molecular weight is 360 g/mol. The maximum Gasteiger partial charge on any atom is 0.255 e. The molecule has 0 atom stereocenters. The summed E-state index contributed by atoms with van der Waals surface area (Å²) in [6, 6.07) is 9.51. The number of rotatable bonds is 3. The van der Waals surface area contributed by atoms with Crippen molar-refractivity contribution in [2.75, 3.05) is 5.32 Å². The summed E-state index contributed by atoms with van der Waals surface area (Å²) in [5, 5.41) is 3.71. The number of anilines is 1. The molecule has 0 saturated heterocycles. The van der Waals surface area contributed by atoms with Gasteiger partial charge >= 0.3 is 0 Å². The molecular weight excluding hydrogens is 351 g/mol. The highest BCUT2D eigenvalue weighted by molar-refractivity contribution is 7.80. The van der Waals surface area contributed by atoms with Crippen LogP contribution < -0.4 is 11.1 Å². The van der Waals surface area contributed by atoms with Gasteiger partial charge in [-0.05, 0) is 36.4 Å². The number of hydrogen-bond donors (Lipinski definition) is 2. The third kappa shape index (κ3) is 3.86. The molecule has 7 heteroatoms. The van der Waals surface area contributed by atoms with Crippen LogP contribution in [-0.4, -0.2) is 10.9 Å². The molecule has 0 aliphatic rings. The summed E-state index contributed by atoms with van der Waals surface area (Å²) in [5.74, 6) is -0.349. The predicted molar refractivity (Wildman–Crippen MR) is 91.8 cm³/mol. The van der Waals surface area contributed by atoms with Gasteiger partial charge in [-0.25, -0.2) is 0 Å². The Morgan fingerprint density at radius 3 is 2.14 bits per heavy atom. The molecule has 2 aromatic carbocycles. The number of thiocarbonyl (C=S) groups is 1. The molecule has 1 amide bonds. The van der Waals surface area contributed by atoms with Gasteiger partial charge in [0.05, 0.1) is 20.8 Å². The third-order valence-corrected chi connectivity index (χ3v) is 3.97. The lowest BCUT2D eigenvalue weighted by Gasteiger charge is -2.09. The van der Waals surface area contributed by atoms with Gasteiger partial charge in [0.1, 0.15) is 4.99 Å². The zero-order chi connectivity index (χ0) is 15.6. The van der Waals surface area contributed by atoms with E-state index in [2.05, 4.69) is 5.32 Å². The van der Waals surface area contributed by atoms with Gasteiger partial charge in [0.15, 0.2) is 0 Å². The quantitative estimate of drug-likeness (QED) is 0.791. The summed E-state index contributed by atoms with van der Waals surface area (Å²) in [7, 11) is 0. The average Bonchev–Trinajstić information content (AvgIpc) is 2.43. The van der Waals surface area contributed by atoms with E-state index in [1.54, 1.807) is 30.3 Å². The smallest absolute Gasteiger partial charge is 0.255 e. The lowest BCUT2D eigenvalue weighted by atomic mass is 10.2. The van der Waals surface area contributed by atoms with Crippen LogP contribution in [0.5, 0.6) is 0 Å². The highest BCUT2D eigenvalue weighted by Crippen LogP contribution is 2.26. The Labute approximate surface area is 142 Å². The maximum atomic E-state index is 12.1. The summed E-state index contributed by atoms with van der Waals surface area (Å²) in [5.41, 5.74) is 6.97. The molecule has 0 aliphatic carbocycles. The van der Waals surface area contributed by atoms with Crippen molar-refractivity contribution in [2.45, 2.75) is 0 Å². The fraction of sp³-hybridized carbons (Fsp3) is 0. The van der Waals surface area contributed by atoms with E-state index in [0.29, 0.717) is 31.9 Å². The molecule has 2 rings (SSSR count). The monoisotopic (exact) mass is 358 g/mol. The van der Waals surface area contributed by atoms with Crippen molar-refractivity contribution in [1.82, 2.24) is 0 Å². The van der Waals surface area contributed by atoms with E-state index in [4.69, 9.17) is 52.8 Å². The van der Waals surface area contributed by atoms with Crippen molar-refractivity contribution in [1.29, 1.82) is 0 Å². The Hall–Kier alpha value is -1.33. The number of nitrogens with one attached hydrogen (secondary N) is 1. The maximum absolute atomic E-state index is 12.1. The van der Waals surface area contributed by atoms with Gasteiger partial charge in [-0.1, -0.05) is 47.0 Å². The second-order valence-electron chi connectivity index (χ2n) is 4.14. The minimum absolute atomic E-state index is 0.235. The number of amides is 1. The van der Waals surface area contributed by atoms with Crippen LogP contribution in [0.15, 0.2) is 36.4 Å². The summed E-state index contributed by atoms with van der Waals surface area (Å²) in [6.45, 7) is 0. The first-order valence-corrected chi connectivity index (χ1v) is 7.28. The van der Waals surface area contributed by atoms with Crippen molar-refractivity contribution in [3.8, 4) is 0 Å². The summed E-state index contributed by atoms with van der Waals surface area (Å²) < 4.78 is 0. The molecule has 108 valence electrons. The molecule has 3 N–H and O–H groups in total. The molecule has 0 bridgehead atoms. The highest BCUT2D eigenvalue weighted by atomic mass is 35.5. The molecule has 0 heterocycles. The van der Waals surface area contributed by atoms with Crippen LogP contribution in [0.25, 0.3) is 0 Å². The lowest BCUT2D eigenvalue weighted by molar-refractivity contribution is 0.102.